The van der Waals surface area contributed by atoms with E-state index in [1.54, 1.807) is 18.2 Å². The third-order valence-corrected chi connectivity index (χ3v) is 7.40. The van der Waals surface area contributed by atoms with Gasteiger partial charge < -0.3 is 9.30 Å². The van der Waals surface area contributed by atoms with Crippen LogP contribution in [0.25, 0.3) is 22.1 Å². The van der Waals surface area contributed by atoms with Crippen molar-refractivity contribution in [3.63, 3.8) is 0 Å². The lowest BCUT2D eigenvalue weighted by molar-refractivity contribution is 0.0730. The van der Waals surface area contributed by atoms with Gasteiger partial charge in [-0.15, -0.1) is 0 Å². The van der Waals surface area contributed by atoms with Gasteiger partial charge in [-0.1, -0.05) is 41.4 Å². The highest BCUT2D eigenvalue weighted by Crippen LogP contribution is 2.28. The molecule has 3 aromatic rings. The highest BCUT2D eigenvalue weighted by molar-refractivity contribution is 7.89. The molecule has 0 unspecified atom stereocenters. The quantitative estimate of drug-likeness (QED) is 0.592. The van der Waals surface area contributed by atoms with Gasteiger partial charge in [-0.3, -0.25) is 0 Å². The summed E-state index contributed by atoms with van der Waals surface area (Å²) >= 11 is 6.62. The van der Waals surface area contributed by atoms with Crippen LogP contribution >= 0.6 is 11.6 Å². The average molecular weight is 446 g/mol. The van der Waals surface area contributed by atoms with Gasteiger partial charge in [-0.25, -0.2) is 13.4 Å². The van der Waals surface area contributed by atoms with Crippen molar-refractivity contribution in [3.8, 4) is 0 Å². The molecule has 0 radical (unpaired) electrons. The number of fused-ring (bicyclic) bond motifs is 1. The van der Waals surface area contributed by atoms with Gasteiger partial charge in [-0.05, 0) is 43.7 Å². The molecule has 8 heteroatoms. The Bertz CT molecular complexity index is 1190. The van der Waals surface area contributed by atoms with E-state index >= 15 is 0 Å². The van der Waals surface area contributed by atoms with Crippen molar-refractivity contribution in [2.24, 2.45) is 0 Å². The van der Waals surface area contributed by atoms with E-state index in [4.69, 9.17) is 16.3 Å². The van der Waals surface area contributed by atoms with Crippen molar-refractivity contribution in [2.75, 3.05) is 26.3 Å². The number of benzene rings is 2. The number of sulfonamides is 1. The molecule has 0 amide bonds. The van der Waals surface area contributed by atoms with E-state index in [9.17, 15) is 8.42 Å². The predicted octanol–water partition coefficient (Wildman–Crippen LogP) is 4.12. The standard InChI is InChI=1S/C22H24ClN3O3S/c1-3-26-21-9-8-18(30(27,28)25-10-12-29-13-11-25)15-20(21)24-22(26)19(23)14-17-6-4-16(2)5-7-17/h4-9,14-15H,3,10-13H2,1-2H3. The smallest absolute Gasteiger partial charge is 0.243 e. The van der Waals surface area contributed by atoms with Crippen molar-refractivity contribution in [1.82, 2.24) is 13.9 Å². The summed E-state index contributed by atoms with van der Waals surface area (Å²) in [5.74, 6) is 0.621. The number of rotatable bonds is 5. The average Bonchev–Trinajstić information content (AvgIpc) is 3.14. The van der Waals surface area contributed by atoms with Gasteiger partial charge >= 0.3 is 0 Å². The molecule has 30 heavy (non-hydrogen) atoms. The van der Waals surface area contributed by atoms with E-state index in [-0.39, 0.29) is 4.90 Å². The predicted molar refractivity (Wildman–Crippen MR) is 120 cm³/mol. The fourth-order valence-electron chi connectivity index (χ4n) is 3.58. The van der Waals surface area contributed by atoms with Gasteiger partial charge in [-0.2, -0.15) is 4.31 Å². The highest BCUT2D eigenvalue weighted by atomic mass is 35.5. The van der Waals surface area contributed by atoms with E-state index < -0.39 is 10.0 Å². The SMILES string of the molecule is CCn1c(C(Cl)=Cc2ccc(C)cc2)nc2cc(S(=O)(=O)N3CCOCC3)ccc21. The molecule has 1 aliphatic heterocycles. The maximum Gasteiger partial charge on any atom is 0.243 e. The van der Waals surface area contributed by atoms with Crippen molar-refractivity contribution in [3.05, 3.63) is 59.4 Å². The van der Waals surface area contributed by atoms with Crippen LogP contribution < -0.4 is 0 Å². The van der Waals surface area contributed by atoms with Crippen molar-refractivity contribution in [1.29, 1.82) is 0 Å². The molecule has 0 N–H and O–H groups in total. The Morgan fingerprint density at radius 3 is 2.53 bits per heavy atom. The minimum Gasteiger partial charge on any atom is -0.379 e. The van der Waals surface area contributed by atoms with Crippen LogP contribution in [0.1, 0.15) is 23.9 Å². The third kappa shape index (κ3) is 4.03. The maximum absolute atomic E-state index is 13.0. The largest absolute Gasteiger partial charge is 0.379 e. The Morgan fingerprint density at radius 2 is 1.87 bits per heavy atom. The third-order valence-electron chi connectivity index (χ3n) is 5.23. The summed E-state index contributed by atoms with van der Waals surface area (Å²) in [6.07, 6.45) is 1.87. The zero-order valence-electron chi connectivity index (χ0n) is 17.0. The van der Waals surface area contributed by atoms with Gasteiger partial charge in [0.1, 0.15) is 0 Å². The fourth-order valence-corrected chi connectivity index (χ4v) is 5.28. The first kappa shape index (κ1) is 21.1. The first-order chi connectivity index (χ1) is 14.4. The summed E-state index contributed by atoms with van der Waals surface area (Å²) in [7, 11) is -3.58. The van der Waals surface area contributed by atoms with Gasteiger partial charge in [0.15, 0.2) is 5.82 Å². The summed E-state index contributed by atoms with van der Waals surface area (Å²) in [6.45, 7) is 6.26. The highest BCUT2D eigenvalue weighted by Gasteiger charge is 2.27. The van der Waals surface area contributed by atoms with Crippen molar-refractivity contribution < 1.29 is 13.2 Å². The number of aryl methyl sites for hydroxylation is 2. The molecule has 158 valence electrons. The number of morpholine rings is 1. The molecule has 0 aliphatic carbocycles. The van der Waals surface area contributed by atoms with Crippen LogP contribution in [0.4, 0.5) is 0 Å². The summed E-state index contributed by atoms with van der Waals surface area (Å²) in [5.41, 5.74) is 3.62. The molecule has 4 rings (SSSR count). The van der Waals surface area contributed by atoms with Crippen LogP contribution in [-0.4, -0.2) is 48.6 Å². The topological polar surface area (TPSA) is 64.4 Å². The lowest BCUT2D eigenvalue weighted by Gasteiger charge is -2.26. The Kier molecular flexibility index (Phi) is 5.97. The van der Waals surface area contributed by atoms with E-state index in [1.165, 1.54) is 9.87 Å². The molecule has 0 bridgehead atoms. The Hall–Kier alpha value is -2.19. The number of ether oxygens (including phenoxy) is 1. The first-order valence-corrected chi connectivity index (χ1v) is 11.7. The molecular weight excluding hydrogens is 422 g/mol. The summed E-state index contributed by atoms with van der Waals surface area (Å²) < 4.78 is 34.7. The Balaban J connectivity index is 1.74. The van der Waals surface area contributed by atoms with E-state index in [2.05, 4.69) is 4.98 Å². The summed E-state index contributed by atoms with van der Waals surface area (Å²) in [5, 5.41) is 0.509. The van der Waals surface area contributed by atoms with Crippen LogP contribution in [0, 0.1) is 6.92 Å². The van der Waals surface area contributed by atoms with Crippen LogP contribution in [0.15, 0.2) is 47.4 Å². The maximum atomic E-state index is 13.0. The zero-order chi connectivity index (χ0) is 21.3. The van der Waals surface area contributed by atoms with Gasteiger partial charge in [0.2, 0.25) is 10.0 Å². The van der Waals surface area contributed by atoms with E-state index in [0.29, 0.717) is 49.2 Å². The molecule has 1 fully saturated rings. The number of hydrogen-bond donors (Lipinski definition) is 0. The molecule has 0 saturated carbocycles. The Morgan fingerprint density at radius 1 is 1.17 bits per heavy atom. The monoisotopic (exact) mass is 445 g/mol. The summed E-state index contributed by atoms with van der Waals surface area (Å²) in [6, 6.07) is 13.1. The second kappa shape index (κ2) is 8.51. The lowest BCUT2D eigenvalue weighted by atomic mass is 10.1. The molecule has 2 heterocycles. The van der Waals surface area contributed by atoms with E-state index in [0.717, 1.165) is 11.1 Å². The molecular formula is C22H24ClN3O3S. The van der Waals surface area contributed by atoms with E-state index in [1.807, 2.05) is 48.8 Å². The van der Waals surface area contributed by atoms with Crippen LogP contribution in [0.2, 0.25) is 0 Å². The molecule has 1 aromatic heterocycles. The van der Waals surface area contributed by atoms with Gasteiger partial charge in [0.05, 0.1) is 34.2 Å². The van der Waals surface area contributed by atoms with Crippen LogP contribution in [0.3, 0.4) is 0 Å². The minimum atomic E-state index is -3.58. The van der Waals surface area contributed by atoms with Crippen molar-refractivity contribution in [2.45, 2.75) is 25.3 Å². The molecule has 1 aliphatic rings. The van der Waals surface area contributed by atoms with Gasteiger partial charge in [0.25, 0.3) is 0 Å². The second-order valence-electron chi connectivity index (χ2n) is 7.25. The number of aromatic nitrogens is 2. The molecule has 0 atom stereocenters. The van der Waals surface area contributed by atoms with Crippen LogP contribution in [0.5, 0.6) is 0 Å². The first-order valence-electron chi connectivity index (χ1n) is 9.92. The van der Waals surface area contributed by atoms with Gasteiger partial charge in [0, 0.05) is 19.6 Å². The fraction of sp³-hybridized carbons (Fsp3) is 0.318. The molecule has 0 spiro atoms. The number of nitrogens with zero attached hydrogens (tertiary/aromatic N) is 3. The lowest BCUT2D eigenvalue weighted by Crippen LogP contribution is -2.40. The second-order valence-corrected chi connectivity index (χ2v) is 9.59. The number of hydrogen-bond acceptors (Lipinski definition) is 4. The molecule has 6 nitrogen and oxygen atoms in total. The number of imidazole rings is 1. The molecule has 1 saturated heterocycles. The minimum absolute atomic E-state index is 0.239. The summed E-state index contributed by atoms with van der Waals surface area (Å²) in [4.78, 5) is 4.91. The Labute approximate surface area is 181 Å². The van der Waals surface area contributed by atoms with Crippen LogP contribution in [-0.2, 0) is 21.3 Å². The number of halogens is 1. The molecule has 2 aromatic carbocycles. The van der Waals surface area contributed by atoms with Crippen molar-refractivity contribution >= 4 is 43.8 Å². The normalized spacial score (nSPS) is 16.3. The zero-order valence-corrected chi connectivity index (χ0v) is 18.6.